The van der Waals surface area contributed by atoms with E-state index in [0.717, 1.165) is 77.4 Å². The van der Waals surface area contributed by atoms with Gasteiger partial charge in [0.1, 0.15) is 0 Å². The van der Waals surface area contributed by atoms with Crippen molar-refractivity contribution in [1.82, 2.24) is 4.90 Å². The number of rotatable bonds is 34. The van der Waals surface area contributed by atoms with E-state index in [9.17, 15) is 14.7 Å². The van der Waals surface area contributed by atoms with Crippen LogP contribution in [-0.4, -0.2) is 48.2 Å². The Balaban J connectivity index is 2.36. The topological polar surface area (TPSA) is 66.8 Å². The van der Waals surface area contributed by atoms with Crippen molar-refractivity contribution in [3.63, 3.8) is 0 Å². The monoisotopic (exact) mass is 732 g/mol. The molecule has 1 heterocycles. The molecule has 0 amide bonds. The lowest BCUT2D eigenvalue weighted by Crippen LogP contribution is -2.32. The minimum absolute atomic E-state index is 0.183. The molecule has 298 valence electrons. The number of carboxylic acids is 1. The number of allylic oxidation sites excluding steroid dienone is 16. The van der Waals surface area contributed by atoms with Gasteiger partial charge in [-0.3, -0.25) is 9.59 Å². The first-order valence-electron chi connectivity index (χ1n) is 21.4. The highest BCUT2D eigenvalue weighted by molar-refractivity contribution is 5.71. The fourth-order valence-electron chi connectivity index (χ4n) is 6.35. The zero-order valence-electron chi connectivity index (χ0n) is 33.9. The van der Waals surface area contributed by atoms with E-state index in [1.54, 1.807) is 0 Å². The van der Waals surface area contributed by atoms with Gasteiger partial charge in [0.05, 0.1) is 12.5 Å². The van der Waals surface area contributed by atoms with E-state index in [2.05, 4.69) is 116 Å². The van der Waals surface area contributed by atoms with Crippen molar-refractivity contribution in [2.45, 2.75) is 155 Å². The molecule has 0 spiro atoms. The second-order valence-electron chi connectivity index (χ2n) is 14.4. The number of ether oxygens (including phenoxy) is 1. The molecule has 0 aromatic carbocycles. The first-order chi connectivity index (χ1) is 26.1. The average Bonchev–Trinajstić information content (AvgIpc) is 3.68. The van der Waals surface area contributed by atoms with Gasteiger partial charge in [-0.15, -0.1) is 0 Å². The normalized spacial score (nSPS) is 15.7. The second-order valence-corrected chi connectivity index (χ2v) is 14.4. The van der Waals surface area contributed by atoms with Crippen molar-refractivity contribution in [2.75, 3.05) is 26.2 Å². The van der Waals surface area contributed by atoms with Gasteiger partial charge < -0.3 is 14.7 Å². The van der Waals surface area contributed by atoms with Gasteiger partial charge in [-0.1, -0.05) is 137 Å². The molecular formula is C48H77NO4. The van der Waals surface area contributed by atoms with E-state index in [-0.39, 0.29) is 18.5 Å². The van der Waals surface area contributed by atoms with Gasteiger partial charge in [0, 0.05) is 12.3 Å². The van der Waals surface area contributed by atoms with Crippen LogP contribution in [0.2, 0.25) is 0 Å². The molecule has 5 nitrogen and oxygen atoms in total. The number of carbonyl (C=O) groups excluding carboxylic acids is 1. The molecule has 1 N–H and O–H groups in total. The third kappa shape index (κ3) is 30.9. The molecule has 1 saturated heterocycles. The highest BCUT2D eigenvalue weighted by atomic mass is 16.5. The molecule has 2 unspecified atom stereocenters. The Kier molecular flexibility index (Phi) is 33.5. The summed E-state index contributed by atoms with van der Waals surface area (Å²) >= 11 is 0. The Labute approximate surface area is 325 Å². The third-order valence-electron chi connectivity index (χ3n) is 9.67. The number of hydrogen-bond donors (Lipinski definition) is 1. The zero-order valence-corrected chi connectivity index (χ0v) is 33.9. The summed E-state index contributed by atoms with van der Waals surface area (Å²) < 4.78 is 5.71. The van der Waals surface area contributed by atoms with Crippen molar-refractivity contribution in [3.05, 3.63) is 97.2 Å². The molecule has 0 bridgehead atoms. The average molecular weight is 732 g/mol. The van der Waals surface area contributed by atoms with E-state index in [1.807, 2.05) is 0 Å². The molecule has 2 atom stereocenters. The van der Waals surface area contributed by atoms with Crippen LogP contribution in [0.4, 0.5) is 0 Å². The molecule has 0 aromatic heterocycles. The predicted octanol–water partition coefficient (Wildman–Crippen LogP) is 13.2. The van der Waals surface area contributed by atoms with Crippen LogP contribution in [0.15, 0.2) is 97.2 Å². The first kappa shape index (κ1) is 47.8. The summed E-state index contributed by atoms with van der Waals surface area (Å²) in [4.78, 5) is 27.4. The van der Waals surface area contributed by atoms with E-state index in [0.29, 0.717) is 19.3 Å². The maximum absolute atomic E-state index is 12.6. The van der Waals surface area contributed by atoms with Crippen LogP contribution >= 0.6 is 0 Å². The Morgan fingerprint density at radius 2 is 0.981 bits per heavy atom. The van der Waals surface area contributed by atoms with Gasteiger partial charge in [-0.05, 0) is 129 Å². The quantitative estimate of drug-likeness (QED) is 0.0405. The van der Waals surface area contributed by atoms with Crippen molar-refractivity contribution in [2.24, 2.45) is 11.8 Å². The smallest absolute Gasteiger partial charge is 0.306 e. The van der Waals surface area contributed by atoms with Crippen molar-refractivity contribution >= 4 is 11.9 Å². The molecular weight excluding hydrogens is 655 g/mol. The number of hydrogen-bond acceptors (Lipinski definition) is 4. The molecule has 1 aliphatic heterocycles. The van der Waals surface area contributed by atoms with E-state index in [1.165, 1.54) is 64.2 Å². The summed E-state index contributed by atoms with van der Waals surface area (Å²) in [6.07, 6.45) is 57.2. The van der Waals surface area contributed by atoms with Gasteiger partial charge in [-0.2, -0.15) is 0 Å². The Bertz CT molecular complexity index is 1120. The Morgan fingerprint density at radius 1 is 0.566 bits per heavy atom. The number of esters is 1. The largest absolute Gasteiger partial charge is 0.481 e. The van der Waals surface area contributed by atoms with Crippen LogP contribution in [0.3, 0.4) is 0 Å². The van der Waals surface area contributed by atoms with Crippen LogP contribution < -0.4 is 0 Å². The third-order valence-corrected chi connectivity index (χ3v) is 9.67. The Hall–Kier alpha value is -3.18. The zero-order chi connectivity index (χ0) is 38.3. The lowest BCUT2D eigenvalue weighted by molar-refractivity contribution is -0.151. The fourth-order valence-corrected chi connectivity index (χ4v) is 6.35. The lowest BCUT2D eigenvalue weighted by atomic mass is 9.86. The standard InChI is InChI=1S/C48H77NO4/c1-3-5-7-9-11-13-15-17-19-21-23-25-27-29-31-33-35-39-47(50)53-44-45(40-43-49-41-36-37-42-49)46(48(51)52)38-34-32-30-28-26-24-22-20-18-16-14-12-10-8-6-4-2/h11-14,17-20,23-26,29-32,45-46H,3-10,15-16,21-22,27-28,33-44H2,1-2H3,(H,51,52)/b13-11-,14-12-,19-17-,20-18-,25-23-,26-24-,31-29-,32-30-. The lowest BCUT2D eigenvalue weighted by Gasteiger charge is -2.26. The predicted molar refractivity (Wildman–Crippen MR) is 228 cm³/mol. The molecule has 0 aromatic rings. The van der Waals surface area contributed by atoms with Gasteiger partial charge >= 0.3 is 11.9 Å². The van der Waals surface area contributed by atoms with Gasteiger partial charge in [0.2, 0.25) is 0 Å². The summed E-state index contributed by atoms with van der Waals surface area (Å²) in [6, 6.07) is 0. The highest BCUT2D eigenvalue weighted by Crippen LogP contribution is 2.24. The van der Waals surface area contributed by atoms with Crippen LogP contribution in [0.25, 0.3) is 0 Å². The summed E-state index contributed by atoms with van der Waals surface area (Å²) in [5, 5.41) is 10.2. The van der Waals surface area contributed by atoms with Crippen LogP contribution in [0, 0.1) is 11.8 Å². The number of likely N-dealkylation sites (tertiary alicyclic amines) is 1. The molecule has 0 radical (unpaired) electrons. The van der Waals surface area contributed by atoms with Gasteiger partial charge in [0.15, 0.2) is 0 Å². The van der Waals surface area contributed by atoms with Crippen LogP contribution in [-0.2, 0) is 14.3 Å². The summed E-state index contributed by atoms with van der Waals surface area (Å²) in [7, 11) is 0. The van der Waals surface area contributed by atoms with Crippen molar-refractivity contribution < 1.29 is 19.4 Å². The molecule has 53 heavy (non-hydrogen) atoms. The molecule has 1 aliphatic rings. The minimum Gasteiger partial charge on any atom is -0.481 e. The van der Waals surface area contributed by atoms with E-state index >= 15 is 0 Å². The fraction of sp³-hybridized carbons (Fsp3) is 0.625. The SMILES string of the molecule is CCCCC/C=C\C/C=C\C/C=C\C/C=C\CCCC(=O)OCC(CCN1CCCC1)C(CC/C=C\C/C=C\C/C=C\C/C=C\CCCCC)C(=O)O. The molecule has 0 aliphatic carbocycles. The number of carboxylic acid groups (broad SMARTS) is 1. The maximum atomic E-state index is 12.6. The minimum atomic E-state index is -0.788. The highest BCUT2D eigenvalue weighted by Gasteiger charge is 2.29. The Morgan fingerprint density at radius 3 is 1.42 bits per heavy atom. The van der Waals surface area contributed by atoms with Gasteiger partial charge in [-0.25, -0.2) is 0 Å². The molecule has 1 fully saturated rings. The van der Waals surface area contributed by atoms with Crippen LogP contribution in [0.5, 0.6) is 0 Å². The summed E-state index contributed by atoms with van der Waals surface area (Å²) in [5.74, 6) is -1.72. The van der Waals surface area contributed by atoms with Crippen molar-refractivity contribution in [3.8, 4) is 0 Å². The van der Waals surface area contributed by atoms with Gasteiger partial charge in [0.25, 0.3) is 0 Å². The molecule has 0 saturated carbocycles. The van der Waals surface area contributed by atoms with Crippen LogP contribution in [0.1, 0.15) is 155 Å². The molecule has 5 heteroatoms. The van der Waals surface area contributed by atoms with E-state index < -0.39 is 11.9 Å². The maximum Gasteiger partial charge on any atom is 0.306 e. The summed E-state index contributed by atoms with van der Waals surface area (Å²) in [6.45, 7) is 7.66. The number of carbonyl (C=O) groups is 2. The van der Waals surface area contributed by atoms with Crippen molar-refractivity contribution in [1.29, 1.82) is 0 Å². The summed E-state index contributed by atoms with van der Waals surface area (Å²) in [5.41, 5.74) is 0. The number of unbranched alkanes of at least 4 members (excludes halogenated alkanes) is 7. The first-order valence-corrected chi connectivity index (χ1v) is 21.4. The molecule has 1 rings (SSSR count). The number of nitrogens with zero attached hydrogens (tertiary/aromatic N) is 1. The number of aliphatic carboxylic acids is 1. The second kappa shape index (κ2) is 37.1. The van der Waals surface area contributed by atoms with E-state index in [4.69, 9.17) is 4.74 Å².